The van der Waals surface area contributed by atoms with Crippen LogP contribution in [0.2, 0.25) is 0 Å². The van der Waals surface area contributed by atoms with Gasteiger partial charge in [0, 0.05) is 16.1 Å². The molecule has 1 aromatic carbocycles. The van der Waals surface area contributed by atoms with Crippen LogP contribution in [0.5, 0.6) is 0 Å². The Morgan fingerprint density at radius 2 is 1.94 bits per heavy atom. The second-order valence-corrected chi connectivity index (χ2v) is 4.00. The minimum atomic E-state index is -4.48. The molecule has 2 aromatic rings. The highest BCUT2D eigenvalue weighted by molar-refractivity contribution is 9.10. The number of alkyl halides is 3. The van der Waals surface area contributed by atoms with Crippen LogP contribution < -0.4 is 0 Å². The summed E-state index contributed by atoms with van der Waals surface area (Å²) in [6.07, 6.45) is -4.48. The largest absolute Gasteiger partial charge is 0.436 e. The average Bonchev–Trinajstić information content (AvgIpc) is 2.65. The van der Waals surface area contributed by atoms with E-state index in [1.807, 2.05) is 0 Å². The van der Waals surface area contributed by atoms with Gasteiger partial charge in [0.2, 0.25) is 0 Å². The van der Waals surface area contributed by atoms with Gasteiger partial charge < -0.3 is 4.52 Å². The summed E-state index contributed by atoms with van der Waals surface area (Å²) in [5.74, 6) is 0.0913. The standard InChI is InChI=1S/C10H5BrF3NO/c11-7-3-1-2-6(4-7)8-5-9(15-16-8)10(12,13)14/h1-5H. The molecule has 0 bridgehead atoms. The van der Waals surface area contributed by atoms with E-state index in [-0.39, 0.29) is 5.76 Å². The second kappa shape index (κ2) is 3.93. The van der Waals surface area contributed by atoms with Crippen LogP contribution >= 0.6 is 15.9 Å². The van der Waals surface area contributed by atoms with E-state index in [2.05, 4.69) is 25.6 Å². The van der Waals surface area contributed by atoms with Gasteiger partial charge in [-0.2, -0.15) is 13.2 Å². The fraction of sp³-hybridized carbons (Fsp3) is 0.100. The van der Waals surface area contributed by atoms with Crippen LogP contribution in [0.25, 0.3) is 11.3 Å². The molecule has 0 N–H and O–H groups in total. The predicted octanol–water partition coefficient (Wildman–Crippen LogP) is 4.12. The van der Waals surface area contributed by atoms with Crippen molar-refractivity contribution in [1.29, 1.82) is 0 Å². The Hall–Kier alpha value is -1.30. The molecule has 0 aliphatic heterocycles. The number of aromatic nitrogens is 1. The summed E-state index contributed by atoms with van der Waals surface area (Å²) in [6, 6.07) is 7.65. The van der Waals surface area contributed by atoms with Gasteiger partial charge in [-0.15, -0.1) is 0 Å². The van der Waals surface area contributed by atoms with Crippen LogP contribution in [0, 0.1) is 0 Å². The Labute approximate surface area is 97.2 Å². The summed E-state index contributed by atoms with van der Waals surface area (Å²) >= 11 is 3.22. The van der Waals surface area contributed by atoms with Crippen LogP contribution in [-0.4, -0.2) is 5.16 Å². The summed E-state index contributed by atoms with van der Waals surface area (Å²) in [6.45, 7) is 0. The first kappa shape index (κ1) is 11.2. The molecule has 1 heterocycles. The van der Waals surface area contributed by atoms with Crippen molar-refractivity contribution in [3.8, 4) is 11.3 Å². The smallest absolute Gasteiger partial charge is 0.356 e. The van der Waals surface area contributed by atoms with Gasteiger partial charge in [0.1, 0.15) is 0 Å². The Morgan fingerprint density at radius 1 is 1.19 bits per heavy atom. The monoisotopic (exact) mass is 291 g/mol. The third-order valence-corrected chi connectivity index (χ3v) is 2.40. The quantitative estimate of drug-likeness (QED) is 0.790. The molecular formula is C10H5BrF3NO. The molecule has 0 radical (unpaired) electrons. The van der Waals surface area contributed by atoms with Crippen molar-refractivity contribution in [1.82, 2.24) is 5.16 Å². The number of nitrogens with zero attached hydrogens (tertiary/aromatic N) is 1. The van der Waals surface area contributed by atoms with Crippen molar-refractivity contribution in [3.05, 3.63) is 40.5 Å². The molecule has 2 nitrogen and oxygen atoms in total. The van der Waals surface area contributed by atoms with Gasteiger partial charge in [0.05, 0.1) is 0 Å². The van der Waals surface area contributed by atoms with Crippen molar-refractivity contribution in [2.24, 2.45) is 0 Å². The molecular weight excluding hydrogens is 287 g/mol. The first-order valence-corrected chi connectivity index (χ1v) is 5.06. The molecule has 0 saturated heterocycles. The molecule has 1 aromatic heterocycles. The fourth-order valence-electron chi connectivity index (χ4n) is 1.19. The van der Waals surface area contributed by atoms with Gasteiger partial charge in [-0.3, -0.25) is 0 Å². The molecule has 0 atom stereocenters. The van der Waals surface area contributed by atoms with Crippen molar-refractivity contribution >= 4 is 15.9 Å². The molecule has 0 aliphatic carbocycles. The summed E-state index contributed by atoms with van der Waals surface area (Å²) in [5, 5.41) is 2.98. The van der Waals surface area contributed by atoms with Gasteiger partial charge in [0.15, 0.2) is 11.5 Å². The van der Waals surface area contributed by atoms with Crippen LogP contribution in [0.1, 0.15) is 5.69 Å². The normalized spacial score (nSPS) is 11.8. The highest BCUT2D eigenvalue weighted by atomic mass is 79.9. The molecule has 0 spiro atoms. The van der Waals surface area contributed by atoms with Gasteiger partial charge in [-0.05, 0) is 12.1 Å². The Kier molecular flexibility index (Phi) is 2.75. The van der Waals surface area contributed by atoms with Gasteiger partial charge in [-0.1, -0.05) is 33.2 Å². The summed E-state index contributed by atoms with van der Waals surface area (Å²) in [4.78, 5) is 0. The van der Waals surface area contributed by atoms with E-state index >= 15 is 0 Å². The van der Waals surface area contributed by atoms with Crippen LogP contribution in [0.4, 0.5) is 13.2 Å². The average molecular weight is 292 g/mol. The minimum Gasteiger partial charge on any atom is -0.356 e. The topological polar surface area (TPSA) is 26.0 Å². The van der Waals surface area contributed by atoms with Crippen LogP contribution in [-0.2, 0) is 6.18 Å². The summed E-state index contributed by atoms with van der Waals surface area (Å²) in [7, 11) is 0. The van der Waals surface area contributed by atoms with Crippen molar-refractivity contribution in [2.45, 2.75) is 6.18 Å². The summed E-state index contributed by atoms with van der Waals surface area (Å²) < 4.78 is 42.2. The molecule has 0 fully saturated rings. The van der Waals surface area contributed by atoms with Gasteiger partial charge in [-0.25, -0.2) is 0 Å². The van der Waals surface area contributed by atoms with Gasteiger partial charge in [0.25, 0.3) is 0 Å². The van der Waals surface area contributed by atoms with Crippen molar-refractivity contribution in [3.63, 3.8) is 0 Å². The number of hydrogen-bond donors (Lipinski definition) is 0. The molecule has 0 aliphatic rings. The molecule has 16 heavy (non-hydrogen) atoms. The second-order valence-electron chi connectivity index (χ2n) is 3.08. The van der Waals surface area contributed by atoms with E-state index in [0.29, 0.717) is 5.56 Å². The maximum atomic E-state index is 12.3. The van der Waals surface area contributed by atoms with Crippen LogP contribution in [0.15, 0.2) is 39.3 Å². The molecule has 84 valence electrons. The lowest BCUT2D eigenvalue weighted by atomic mass is 10.1. The lowest BCUT2D eigenvalue weighted by Gasteiger charge is -1.97. The van der Waals surface area contributed by atoms with E-state index < -0.39 is 11.9 Å². The zero-order valence-electron chi connectivity index (χ0n) is 7.75. The maximum absolute atomic E-state index is 12.3. The molecule has 0 amide bonds. The van der Waals surface area contributed by atoms with E-state index in [0.717, 1.165) is 10.5 Å². The SMILES string of the molecule is FC(F)(F)c1cc(-c2cccc(Br)c2)on1. The van der Waals surface area contributed by atoms with E-state index in [1.54, 1.807) is 24.3 Å². The number of benzene rings is 1. The Balaban J connectivity index is 2.39. The fourth-order valence-corrected chi connectivity index (χ4v) is 1.59. The highest BCUT2D eigenvalue weighted by Crippen LogP contribution is 2.32. The highest BCUT2D eigenvalue weighted by Gasteiger charge is 2.35. The van der Waals surface area contributed by atoms with E-state index in [1.165, 1.54) is 0 Å². The lowest BCUT2D eigenvalue weighted by molar-refractivity contribution is -0.142. The third kappa shape index (κ3) is 2.27. The third-order valence-electron chi connectivity index (χ3n) is 1.91. The Morgan fingerprint density at radius 3 is 2.50 bits per heavy atom. The molecule has 0 unspecified atom stereocenters. The molecule has 6 heteroatoms. The predicted molar refractivity (Wildman–Crippen MR) is 54.6 cm³/mol. The zero-order valence-corrected chi connectivity index (χ0v) is 9.34. The summed E-state index contributed by atoms with van der Waals surface area (Å²) in [5.41, 5.74) is -0.486. The molecule has 0 saturated carbocycles. The lowest BCUT2D eigenvalue weighted by Crippen LogP contribution is -2.04. The first-order valence-electron chi connectivity index (χ1n) is 4.26. The number of hydrogen-bond acceptors (Lipinski definition) is 2. The minimum absolute atomic E-state index is 0.0913. The van der Waals surface area contributed by atoms with Crippen molar-refractivity contribution < 1.29 is 17.7 Å². The number of halogens is 4. The van der Waals surface area contributed by atoms with E-state index in [4.69, 9.17) is 0 Å². The van der Waals surface area contributed by atoms with Crippen molar-refractivity contribution in [2.75, 3.05) is 0 Å². The zero-order chi connectivity index (χ0) is 11.8. The number of rotatable bonds is 1. The Bertz CT molecular complexity index is 507. The van der Waals surface area contributed by atoms with Crippen LogP contribution in [0.3, 0.4) is 0 Å². The molecule has 2 rings (SSSR count). The van der Waals surface area contributed by atoms with Gasteiger partial charge >= 0.3 is 6.18 Å². The van der Waals surface area contributed by atoms with E-state index in [9.17, 15) is 13.2 Å². The maximum Gasteiger partial charge on any atom is 0.436 e. The first-order chi connectivity index (χ1) is 7.47.